The van der Waals surface area contributed by atoms with Crippen molar-refractivity contribution >= 4 is 0 Å². The molecule has 0 saturated heterocycles. The van der Waals surface area contributed by atoms with Crippen molar-refractivity contribution in [3.05, 3.63) is 24.3 Å². The molecule has 0 saturated carbocycles. The van der Waals surface area contributed by atoms with Crippen LogP contribution in [0.5, 0.6) is 0 Å². The van der Waals surface area contributed by atoms with Gasteiger partial charge in [-0.25, -0.2) is 0 Å². The number of hydrogen-bond acceptors (Lipinski definition) is 0. The first-order chi connectivity index (χ1) is 6.70. The topological polar surface area (TPSA) is 0 Å². The third kappa shape index (κ3) is 1.10. The van der Waals surface area contributed by atoms with Crippen LogP contribution in [-0.4, -0.2) is 12.4 Å². The van der Waals surface area contributed by atoms with E-state index in [0.717, 1.165) is 12.2 Å². The van der Waals surface area contributed by atoms with Crippen molar-refractivity contribution in [2.75, 3.05) is 0 Å². The van der Waals surface area contributed by atoms with E-state index in [-0.39, 0.29) is 6.08 Å². The van der Waals surface area contributed by atoms with Gasteiger partial charge in [-0.05, 0) is 0 Å². The van der Waals surface area contributed by atoms with E-state index in [0.29, 0.717) is 0 Å². The number of alkyl halides is 6. The molecule has 0 bridgehead atoms. The second kappa shape index (κ2) is 2.59. The Bertz CT molecular complexity index is 317. The van der Waals surface area contributed by atoms with E-state index in [1.165, 1.54) is 6.08 Å². The molecule has 0 aromatic carbocycles. The molecule has 0 nitrogen and oxygen atoms in total. The van der Waals surface area contributed by atoms with E-state index in [2.05, 4.69) is 0 Å². The van der Waals surface area contributed by atoms with Crippen LogP contribution in [0.15, 0.2) is 24.3 Å². The Kier molecular flexibility index (Phi) is 1.83. The summed E-state index contributed by atoms with van der Waals surface area (Å²) in [5, 5.41) is 0. The lowest BCUT2D eigenvalue weighted by molar-refractivity contribution is -0.333. The van der Waals surface area contributed by atoms with Crippen LogP contribution in [0.3, 0.4) is 0 Å². The molecule has 84 valence electrons. The number of hydrogen-bond donors (Lipinski definition) is 0. The molecule has 0 aromatic heterocycles. The van der Waals surface area contributed by atoms with Crippen molar-refractivity contribution in [3.63, 3.8) is 0 Å². The van der Waals surface area contributed by atoms with Crippen LogP contribution in [0.1, 0.15) is 0 Å². The summed E-state index contributed by atoms with van der Waals surface area (Å²) in [5.74, 6) is -2.24. The van der Waals surface area contributed by atoms with E-state index in [1.54, 1.807) is 0 Å². The van der Waals surface area contributed by atoms with Crippen molar-refractivity contribution < 1.29 is 26.3 Å². The fourth-order valence-corrected chi connectivity index (χ4v) is 2.09. The molecule has 2 rings (SSSR count). The van der Waals surface area contributed by atoms with Crippen LogP contribution < -0.4 is 0 Å². The zero-order chi connectivity index (χ0) is 11.5. The molecule has 0 N–H and O–H groups in total. The molecule has 0 spiro atoms. The van der Waals surface area contributed by atoms with Crippen molar-refractivity contribution in [1.29, 1.82) is 0 Å². The Morgan fingerprint density at radius 2 is 1.33 bits per heavy atom. The number of allylic oxidation sites excluding steroid dienone is 4. The first kappa shape index (κ1) is 10.6. The van der Waals surface area contributed by atoms with Crippen LogP contribution in [-0.2, 0) is 0 Å². The third-order valence-electron chi connectivity index (χ3n) is 3.00. The molecular formula is C9H6F6. The van der Waals surface area contributed by atoms with Crippen LogP contribution in [0.25, 0.3) is 0 Å². The molecule has 2 atom stereocenters. The molecule has 0 heterocycles. The maximum atomic E-state index is 12.6. The second-order valence-electron chi connectivity index (χ2n) is 3.71. The smallest absolute Gasteiger partial charge is 0.170 e. The van der Waals surface area contributed by atoms with Gasteiger partial charge in [0.2, 0.25) is 0 Å². The zero-order valence-electron chi connectivity index (χ0n) is 7.23. The molecule has 0 radical (unpaired) electrons. The predicted molar refractivity (Wildman–Crippen MR) is 39.8 cm³/mol. The largest absolute Gasteiger partial charge is 0.407 e. The minimum absolute atomic E-state index is 0.252. The van der Waals surface area contributed by atoms with Gasteiger partial charge in [-0.1, -0.05) is 24.3 Å². The van der Waals surface area contributed by atoms with E-state index >= 15 is 0 Å². The van der Waals surface area contributed by atoms with E-state index in [9.17, 15) is 26.3 Å². The normalized spacial score (nSPS) is 32.7. The second-order valence-corrected chi connectivity index (χ2v) is 3.71. The highest BCUT2D eigenvalue weighted by Crippen LogP contribution is 2.63. The maximum absolute atomic E-state index is 12.6. The lowest BCUT2D eigenvalue weighted by Gasteiger charge is -2.41. The quantitative estimate of drug-likeness (QED) is 0.440. The molecule has 0 fully saturated rings. The average molecular weight is 228 g/mol. The molecule has 2 unspecified atom stereocenters. The molecule has 2 aliphatic carbocycles. The van der Waals surface area contributed by atoms with Gasteiger partial charge in [-0.3, -0.25) is 0 Å². The Morgan fingerprint density at radius 1 is 0.800 bits per heavy atom. The van der Waals surface area contributed by atoms with Crippen molar-refractivity contribution in [3.8, 4) is 0 Å². The summed E-state index contributed by atoms with van der Waals surface area (Å²) >= 11 is 0. The van der Waals surface area contributed by atoms with Gasteiger partial charge in [0, 0.05) is 11.8 Å². The lowest BCUT2D eigenvalue weighted by Crippen LogP contribution is -2.53. The fourth-order valence-electron chi connectivity index (χ4n) is 2.09. The zero-order valence-corrected chi connectivity index (χ0v) is 7.23. The Balaban J connectivity index is 2.51. The summed E-state index contributed by atoms with van der Waals surface area (Å²) in [6.07, 6.45) is -7.04. The fraction of sp³-hybridized carbons (Fsp3) is 0.556. The average Bonchev–Trinajstić information content (AvgIpc) is 2.20. The number of rotatable bonds is 0. The van der Waals surface area contributed by atoms with Gasteiger partial charge in [0.15, 0.2) is 5.41 Å². The summed E-state index contributed by atoms with van der Waals surface area (Å²) in [7, 11) is 0. The molecular weight excluding hydrogens is 222 g/mol. The molecule has 0 aliphatic heterocycles. The first-order valence-electron chi connectivity index (χ1n) is 4.21. The molecule has 0 aromatic rings. The van der Waals surface area contributed by atoms with E-state index in [1.807, 2.05) is 0 Å². The Morgan fingerprint density at radius 3 is 1.53 bits per heavy atom. The van der Waals surface area contributed by atoms with Crippen molar-refractivity contribution in [1.82, 2.24) is 0 Å². The summed E-state index contributed by atoms with van der Waals surface area (Å²) < 4.78 is 75.4. The van der Waals surface area contributed by atoms with Crippen LogP contribution >= 0.6 is 0 Å². The third-order valence-corrected chi connectivity index (χ3v) is 3.00. The summed E-state index contributed by atoms with van der Waals surface area (Å²) in [5.41, 5.74) is -3.68. The summed E-state index contributed by atoms with van der Waals surface area (Å²) in [6.45, 7) is 0. The number of halogens is 6. The van der Waals surface area contributed by atoms with Crippen molar-refractivity contribution in [2.24, 2.45) is 17.3 Å². The highest BCUT2D eigenvalue weighted by Gasteiger charge is 2.75. The Hall–Kier alpha value is -0.940. The molecule has 2 aliphatic rings. The molecule has 6 heteroatoms. The van der Waals surface area contributed by atoms with E-state index in [4.69, 9.17) is 0 Å². The number of fused-ring (bicyclic) bond motifs is 1. The summed E-state index contributed by atoms with van der Waals surface area (Å²) in [6, 6.07) is 0. The monoisotopic (exact) mass is 228 g/mol. The molecule has 15 heavy (non-hydrogen) atoms. The minimum Gasteiger partial charge on any atom is -0.170 e. The summed E-state index contributed by atoms with van der Waals surface area (Å²) in [4.78, 5) is 0. The van der Waals surface area contributed by atoms with Gasteiger partial charge in [0.25, 0.3) is 0 Å². The predicted octanol–water partition coefficient (Wildman–Crippen LogP) is 3.47. The van der Waals surface area contributed by atoms with Crippen LogP contribution in [0.4, 0.5) is 26.3 Å². The van der Waals surface area contributed by atoms with Crippen LogP contribution in [0, 0.1) is 17.3 Å². The highest BCUT2D eigenvalue weighted by atomic mass is 19.4. The maximum Gasteiger partial charge on any atom is 0.407 e. The van der Waals surface area contributed by atoms with Crippen molar-refractivity contribution in [2.45, 2.75) is 12.4 Å². The highest BCUT2D eigenvalue weighted by molar-refractivity contribution is 5.33. The first-order valence-corrected chi connectivity index (χ1v) is 4.21. The lowest BCUT2D eigenvalue weighted by atomic mass is 9.68. The van der Waals surface area contributed by atoms with E-state index < -0.39 is 29.6 Å². The van der Waals surface area contributed by atoms with Gasteiger partial charge in [0.1, 0.15) is 0 Å². The SMILES string of the molecule is FC(F)(F)C1(C(F)(F)F)C=CC2C=CC21. The van der Waals surface area contributed by atoms with Crippen LogP contribution in [0.2, 0.25) is 0 Å². The Labute approximate surface area is 81.3 Å². The molecule has 0 amide bonds. The van der Waals surface area contributed by atoms with Gasteiger partial charge < -0.3 is 0 Å². The minimum atomic E-state index is -5.30. The van der Waals surface area contributed by atoms with Gasteiger partial charge in [-0.15, -0.1) is 0 Å². The van der Waals surface area contributed by atoms with Gasteiger partial charge in [0.05, 0.1) is 0 Å². The van der Waals surface area contributed by atoms with Gasteiger partial charge >= 0.3 is 12.4 Å². The standard InChI is InChI=1S/C9H6F6/c10-8(11,12)7(9(13,14)15)4-3-5-1-2-6(5)7/h1-6H. The van der Waals surface area contributed by atoms with Gasteiger partial charge in [-0.2, -0.15) is 26.3 Å².